The highest BCUT2D eigenvalue weighted by Gasteiger charge is 2.44. The van der Waals surface area contributed by atoms with Crippen molar-refractivity contribution in [3.8, 4) is 11.5 Å². The molecule has 0 amide bonds. The van der Waals surface area contributed by atoms with Gasteiger partial charge in [0.05, 0.1) is 13.2 Å². The van der Waals surface area contributed by atoms with Crippen LogP contribution in [0.3, 0.4) is 0 Å². The topological polar surface area (TPSA) is 53.7 Å². The summed E-state index contributed by atoms with van der Waals surface area (Å²) in [6, 6.07) is 16.1. The molecule has 23 heavy (non-hydrogen) atoms. The van der Waals surface area contributed by atoms with Crippen LogP contribution in [0, 0.1) is 12.3 Å². The van der Waals surface area contributed by atoms with Gasteiger partial charge in [-0.05, 0) is 43.0 Å². The second-order valence-electron chi connectivity index (χ2n) is 6.36. The monoisotopic (exact) mass is 313 g/mol. The quantitative estimate of drug-likeness (QED) is 0.756. The number of benzene rings is 2. The van der Waals surface area contributed by atoms with E-state index in [4.69, 9.17) is 20.2 Å². The minimum absolute atomic E-state index is 0.101. The first kappa shape index (κ1) is 15.8. The molecular formula is C19H23NO3. The third kappa shape index (κ3) is 4.47. The Kier molecular flexibility index (Phi) is 4.84. The van der Waals surface area contributed by atoms with Crippen molar-refractivity contribution in [1.82, 2.24) is 0 Å². The molecule has 122 valence electrons. The Morgan fingerprint density at radius 1 is 0.957 bits per heavy atom. The van der Waals surface area contributed by atoms with Gasteiger partial charge in [0.2, 0.25) is 0 Å². The summed E-state index contributed by atoms with van der Waals surface area (Å²) < 4.78 is 11.8. The Balaban J connectivity index is 1.60. The summed E-state index contributed by atoms with van der Waals surface area (Å²) in [6.07, 6.45) is 2.21. The molecule has 0 bridgehead atoms. The Hall–Kier alpha value is -2.04. The molecule has 0 atom stereocenters. The second-order valence-corrected chi connectivity index (χ2v) is 6.36. The van der Waals surface area contributed by atoms with Crippen LogP contribution in [0.25, 0.3) is 0 Å². The minimum atomic E-state index is 0.101. The summed E-state index contributed by atoms with van der Waals surface area (Å²) in [5, 5.41) is 0. The third-order valence-electron chi connectivity index (χ3n) is 4.16. The van der Waals surface area contributed by atoms with Crippen molar-refractivity contribution in [2.75, 3.05) is 13.2 Å². The smallest absolute Gasteiger partial charge is 0.123 e. The molecular weight excluding hydrogens is 290 g/mol. The summed E-state index contributed by atoms with van der Waals surface area (Å²) in [7, 11) is 0. The predicted molar refractivity (Wildman–Crippen MR) is 89.3 cm³/mol. The first-order chi connectivity index (χ1) is 11.2. The highest BCUT2D eigenvalue weighted by molar-refractivity contribution is 5.38. The van der Waals surface area contributed by atoms with Gasteiger partial charge in [0, 0.05) is 11.5 Å². The van der Waals surface area contributed by atoms with E-state index in [2.05, 4.69) is 12.1 Å². The summed E-state index contributed by atoms with van der Waals surface area (Å²) in [5.41, 5.74) is 2.36. The number of ether oxygens (including phenoxy) is 2. The van der Waals surface area contributed by atoms with Gasteiger partial charge in [0.25, 0.3) is 0 Å². The van der Waals surface area contributed by atoms with E-state index in [-0.39, 0.29) is 5.41 Å². The van der Waals surface area contributed by atoms with Crippen LogP contribution < -0.4 is 15.4 Å². The fourth-order valence-corrected chi connectivity index (χ4v) is 2.54. The largest absolute Gasteiger partial charge is 0.493 e. The van der Waals surface area contributed by atoms with Gasteiger partial charge in [-0.2, -0.15) is 0 Å². The van der Waals surface area contributed by atoms with Crippen molar-refractivity contribution in [2.45, 2.75) is 26.4 Å². The van der Waals surface area contributed by atoms with Crippen molar-refractivity contribution in [2.24, 2.45) is 11.3 Å². The second kappa shape index (κ2) is 7.02. The molecule has 0 radical (unpaired) electrons. The molecule has 0 aromatic heterocycles. The van der Waals surface area contributed by atoms with Crippen molar-refractivity contribution < 1.29 is 14.3 Å². The lowest BCUT2D eigenvalue weighted by molar-refractivity contribution is 0.0674. The lowest BCUT2D eigenvalue weighted by Crippen LogP contribution is -2.21. The van der Waals surface area contributed by atoms with Crippen LogP contribution in [0.4, 0.5) is 0 Å². The van der Waals surface area contributed by atoms with Gasteiger partial charge in [-0.3, -0.25) is 0 Å². The van der Waals surface area contributed by atoms with Crippen LogP contribution in [0.1, 0.15) is 24.0 Å². The van der Waals surface area contributed by atoms with Crippen molar-refractivity contribution in [3.05, 3.63) is 59.7 Å². The zero-order chi connectivity index (χ0) is 16.1. The van der Waals surface area contributed by atoms with E-state index in [0.29, 0.717) is 19.8 Å². The number of hydrogen-bond donors (Lipinski definition) is 1. The first-order valence-corrected chi connectivity index (χ1v) is 7.92. The summed E-state index contributed by atoms with van der Waals surface area (Å²) in [4.78, 5) is 4.79. The molecule has 1 saturated carbocycles. The predicted octanol–water partition coefficient (Wildman–Crippen LogP) is 3.62. The van der Waals surface area contributed by atoms with E-state index in [1.807, 2.05) is 43.3 Å². The average molecular weight is 313 g/mol. The SMILES string of the molecule is Cc1cc(OCc2ccccc2)cc(OCC2(CON)CC2)c1. The molecule has 2 N–H and O–H groups in total. The first-order valence-electron chi connectivity index (χ1n) is 7.92. The summed E-state index contributed by atoms with van der Waals surface area (Å²) >= 11 is 0. The lowest BCUT2D eigenvalue weighted by atomic mass is 10.1. The Morgan fingerprint density at radius 3 is 2.30 bits per heavy atom. The normalized spacial score (nSPS) is 15.2. The summed E-state index contributed by atoms with van der Waals surface area (Å²) in [5.74, 6) is 6.84. The van der Waals surface area contributed by atoms with Crippen LogP contribution in [0.5, 0.6) is 11.5 Å². The molecule has 4 heteroatoms. The molecule has 1 aliphatic carbocycles. The van der Waals surface area contributed by atoms with E-state index in [0.717, 1.165) is 35.5 Å². The van der Waals surface area contributed by atoms with Crippen LogP contribution in [0.15, 0.2) is 48.5 Å². The third-order valence-corrected chi connectivity index (χ3v) is 4.16. The molecule has 0 unspecified atom stereocenters. The Labute approximate surface area is 137 Å². The van der Waals surface area contributed by atoms with E-state index in [1.165, 1.54) is 0 Å². The fraction of sp³-hybridized carbons (Fsp3) is 0.368. The Morgan fingerprint density at radius 2 is 1.65 bits per heavy atom. The van der Waals surface area contributed by atoms with E-state index < -0.39 is 0 Å². The molecule has 2 aromatic rings. The standard InChI is InChI=1S/C19H23NO3/c1-15-9-17(21-12-16-5-3-2-4-6-16)11-18(10-15)22-13-19(7-8-19)14-23-20/h2-6,9-11H,7-8,12-14,20H2,1H3. The average Bonchev–Trinajstić information content (AvgIpc) is 3.32. The number of rotatable bonds is 8. The molecule has 0 aliphatic heterocycles. The minimum Gasteiger partial charge on any atom is -0.493 e. The maximum atomic E-state index is 5.94. The van der Waals surface area contributed by atoms with E-state index in [1.54, 1.807) is 0 Å². The number of hydrogen-bond acceptors (Lipinski definition) is 4. The number of aryl methyl sites for hydroxylation is 1. The van der Waals surface area contributed by atoms with Crippen molar-refractivity contribution in [3.63, 3.8) is 0 Å². The summed E-state index contributed by atoms with van der Waals surface area (Å²) in [6.45, 7) is 3.77. The molecule has 0 saturated heterocycles. The van der Waals surface area contributed by atoms with Gasteiger partial charge in [-0.25, -0.2) is 5.90 Å². The van der Waals surface area contributed by atoms with Gasteiger partial charge in [-0.1, -0.05) is 30.3 Å². The van der Waals surface area contributed by atoms with Crippen LogP contribution in [-0.2, 0) is 11.4 Å². The Bertz CT molecular complexity index is 638. The molecule has 1 aliphatic rings. The molecule has 0 heterocycles. The van der Waals surface area contributed by atoms with Crippen molar-refractivity contribution in [1.29, 1.82) is 0 Å². The molecule has 4 nitrogen and oxygen atoms in total. The molecule has 3 rings (SSSR count). The maximum Gasteiger partial charge on any atom is 0.123 e. The van der Waals surface area contributed by atoms with Crippen molar-refractivity contribution >= 4 is 0 Å². The van der Waals surface area contributed by atoms with Gasteiger partial charge < -0.3 is 14.3 Å². The van der Waals surface area contributed by atoms with Gasteiger partial charge >= 0.3 is 0 Å². The van der Waals surface area contributed by atoms with Gasteiger partial charge in [-0.15, -0.1) is 0 Å². The van der Waals surface area contributed by atoms with Crippen LogP contribution in [0.2, 0.25) is 0 Å². The highest BCUT2D eigenvalue weighted by atomic mass is 16.6. The van der Waals surface area contributed by atoms with E-state index >= 15 is 0 Å². The van der Waals surface area contributed by atoms with Gasteiger partial charge in [0.1, 0.15) is 18.1 Å². The fourth-order valence-electron chi connectivity index (χ4n) is 2.54. The van der Waals surface area contributed by atoms with Crippen LogP contribution >= 0.6 is 0 Å². The zero-order valence-electron chi connectivity index (χ0n) is 13.5. The molecule has 0 spiro atoms. The number of nitrogens with two attached hydrogens (primary N) is 1. The lowest BCUT2D eigenvalue weighted by Gasteiger charge is -2.16. The van der Waals surface area contributed by atoms with Crippen LogP contribution in [-0.4, -0.2) is 13.2 Å². The van der Waals surface area contributed by atoms with E-state index in [9.17, 15) is 0 Å². The highest BCUT2D eigenvalue weighted by Crippen LogP contribution is 2.46. The molecule has 2 aromatic carbocycles. The maximum absolute atomic E-state index is 5.94. The zero-order valence-corrected chi connectivity index (χ0v) is 13.5. The molecule has 1 fully saturated rings. The van der Waals surface area contributed by atoms with Gasteiger partial charge in [0.15, 0.2) is 0 Å².